The predicted molar refractivity (Wildman–Crippen MR) is 116 cm³/mol. The first-order chi connectivity index (χ1) is 13.9. The summed E-state index contributed by atoms with van der Waals surface area (Å²) in [5.41, 5.74) is 2.94. The fourth-order valence-corrected chi connectivity index (χ4v) is 4.01. The number of carbonyl (C=O) groups excluding carboxylic acids is 2. The lowest BCUT2D eigenvalue weighted by Gasteiger charge is -2.32. The number of amides is 1. The zero-order valence-corrected chi connectivity index (χ0v) is 18.0. The van der Waals surface area contributed by atoms with Crippen molar-refractivity contribution in [2.24, 2.45) is 5.92 Å². The molecule has 5 nitrogen and oxygen atoms in total. The summed E-state index contributed by atoms with van der Waals surface area (Å²) in [7, 11) is 1.34. The Morgan fingerprint density at radius 1 is 1.21 bits per heavy atom. The number of ether oxygens (including phenoxy) is 1. The maximum Gasteiger partial charge on any atom is 0.337 e. The Labute approximate surface area is 180 Å². The highest BCUT2D eigenvalue weighted by Gasteiger charge is 2.26. The fraction of sp³-hybridized carbons (Fsp3) is 0.364. The van der Waals surface area contributed by atoms with Crippen LogP contribution in [0.5, 0.6) is 0 Å². The van der Waals surface area contributed by atoms with Gasteiger partial charge in [0.1, 0.15) is 0 Å². The molecule has 0 spiro atoms. The molecule has 0 saturated carbocycles. The Kier molecular flexibility index (Phi) is 7.17. The van der Waals surface area contributed by atoms with Crippen LogP contribution in [-0.2, 0) is 16.1 Å². The molecule has 1 amide bonds. The smallest absolute Gasteiger partial charge is 0.337 e. The zero-order valence-electron chi connectivity index (χ0n) is 16.5. The van der Waals surface area contributed by atoms with Crippen molar-refractivity contribution >= 4 is 40.8 Å². The minimum Gasteiger partial charge on any atom is -0.465 e. The quantitative estimate of drug-likeness (QED) is 0.676. The molecule has 154 valence electrons. The van der Waals surface area contributed by atoms with Gasteiger partial charge in [-0.15, -0.1) is 0 Å². The van der Waals surface area contributed by atoms with Gasteiger partial charge in [0.05, 0.1) is 18.6 Å². The molecule has 7 heteroatoms. The molecule has 0 aromatic heterocycles. The number of aryl methyl sites for hydroxylation is 1. The number of anilines is 1. The van der Waals surface area contributed by atoms with Gasteiger partial charge < -0.3 is 10.1 Å². The van der Waals surface area contributed by atoms with Gasteiger partial charge in [-0.25, -0.2) is 4.79 Å². The monoisotopic (exact) mass is 434 g/mol. The molecular weight excluding hydrogens is 411 g/mol. The van der Waals surface area contributed by atoms with Crippen molar-refractivity contribution in [1.29, 1.82) is 0 Å². The van der Waals surface area contributed by atoms with E-state index in [4.69, 9.17) is 27.9 Å². The topological polar surface area (TPSA) is 58.6 Å². The molecule has 3 rings (SSSR count). The second-order valence-electron chi connectivity index (χ2n) is 7.32. The summed E-state index contributed by atoms with van der Waals surface area (Å²) in [6.07, 6.45) is 1.76. The van der Waals surface area contributed by atoms with Gasteiger partial charge >= 0.3 is 5.97 Å². The summed E-state index contributed by atoms with van der Waals surface area (Å²) in [6.45, 7) is 4.14. The summed E-state index contributed by atoms with van der Waals surface area (Å²) in [5, 5.41) is 4.23. The van der Waals surface area contributed by atoms with Crippen molar-refractivity contribution in [2.75, 3.05) is 25.5 Å². The number of nitrogens with one attached hydrogen (secondary N) is 1. The van der Waals surface area contributed by atoms with Gasteiger partial charge in [0.25, 0.3) is 0 Å². The summed E-state index contributed by atoms with van der Waals surface area (Å²) in [4.78, 5) is 26.9. The summed E-state index contributed by atoms with van der Waals surface area (Å²) in [5.74, 6) is -0.595. The standard InChI is InChI=1S/C22H24Cl2N2O3/c1-14-5-6-15(22(28)29-2)10-20(14)25-21(27)17-4-3-9-26(13-17)12-16-7-8-18(23)11-19(16)24/h5-8,10-11,17H,3-4,9,12-13H2,1-2H3,(H,25,27). The molecular formula is C22H24Cl2N2O3. The summed E-state index contributed by atoms with van der Waals surface area (Å²) >= 11 is 12.3. The number of carbonyl (C=O) groups is 2. The lowest BCUT2D eigenvalue weighted by Crippen LogP contribution is -2.40. The van der Waals surface area contributed by atoms with Gasteiger partial charge in [0.2, 0.25) is 5.91 Å². The molecule has 1 saturated heterocycles. The van der Waals surface area contributed by atoms with Crippen molar-refractivity contribution in [1.82, 2.24) is 4.90 Å². The van der Waals surface area contributed by atoms with E-state index >= 15 is 0 Å². The van der Waals surface area contributed by atoms with E-state index in [-0.39, 0.29) is 11.8 Å². The van der Waals surface area contributed by atoms with E-state index < -0.39 is 5.97 Å². The first kappa shape index (κ1) is 21.6. The third-order valence-electron chi connectivity index (χ3n) is 5.20. The molecule has 1 fully saturated rings. The van der Waals surface area contributed by atoms with E-state index in [2.05, 4.69) is 10.2 Å². The molecule has 1 atom stereocenters. The Hall–Kier alpha value is -2.08. The average Bonchev–Trinajstić information content (AvgIpc) is 2.71. The van der Waals surface area contributed by atoms with Gasteiger partial charge in [0, 0.05) is 28.8 Å². The molecule has 0 aliphatic carbocycles. The maximum atomic E-state index is 12.9. The van der Waals surface area contributed by atoms with Crippen molar-refractivity contribution in [3.63, 3.8) is 0 Å². The molecule has 29 heavy (non-hydrogen) atoms. The fourth-order valence-electron chi connectivity index (χ4n) is 3.54. The number of esters is 1. The number of nitrogens with zero attached hydrogens (tertiary/aromatic N) is 1. The van der Waals surface area contributed by atoms with Crippen LogP contribution in [0.1, 0.15) is 34.3 Å². The molecule has 0 bridgehead atoms. The average molecular weight is 435 g/mol. The van der Waals surface area contributed by atoms with Gasteiger partial charge in [-0.2, -0.15) is 0 Å². The molecule has 1 heterocycles. The largest absolute Gasteiger partial charge is 0.465 e. The summed E-state index contributed by atoms with van der Waals surface area (Å²) < 4.78 is 4.76. The van der Waals surface area contributed by atoms with Crippen LogP contribution in [-0.4, -0.2) is 37.0 Å². The Bertz CT molecular complexity index is 917. The highest BCUT2D eigenvalue weighted by molar-refractivity contribution is 6.35. The highest BCUT2D eigenvalue weighted by atomic mass is 35.5. The third kappa shape index (κ3) is 5.50. The number of benzene rings is 2. The summed E-state index contributed by atoms with van der Waals surface area (Å²) in [6, 6.07) is 10.6. The molecule has 1 unspecified atom stereocenters. The van der Waals surface area contributed by atoms with Crippen LogP contribution in [0.15, 0.2) is 36.4 Å². The van der Waals surface area contributed by atoms with Crippen LogP contribution in [0.25, 0.3) is 0 Å². The first-order valence-corrected chi connectivity index (χ1v) is 10.3. The maximum absolute atomic E-state index is 12.9. The zero-order chi connectivity index (χ0) is 21.0. The number of likely N-dealkylation sites (tertiary alicyclic amines) is 1. The van der Waals surface area contributed by atoms with Gasteiger partial charge in [-0.1, -0.05) is 35.3 Å². The van der Waals surface area contributed by atoms with Gasteiger partial charge in [-0.05, 0) is 61.7 Å². The minimum atomic E-state index is -0.427. The Balaban J connectivity index is 1.66. The van der Waals surface area contributed by atoms with Gasteiger partial charge in [-0.3, -0.25) is 9.69 Å². The van der Waals surface area contributed by atoms with E-state index in [1.807, 2.05) is 19.1 Å². The van der Waals surface area contributed by atoms with E-state index in [0.29, 0.717) is 34.4 Å². The van der Waals surface area contributed by atoms with Crippen molar-refractivity contribution in [3.8, 4) is 0 Å². The number of halogens is 2. The van der Waals surface area contributed by atoms with Crippen LogP contribution < -0.4 is 5.32 Å². The number of methoxy groups -OCH3 is 1. The van der Waals surface area contributed by atoms with Crippen molar-refractivity contribution in [3.05, 3.63) is 63.1 Å². The predicted octanol–water partition coefficient (Wildman–Crippen LogP) is 4.94. The van der Waals surface area contributed by atoms with Gasteiger partial charge in [0.15, 0.2) is 0 Å². The van der Waals surface area contributed by atoms with Crippen LogP contribution in [0.2, 0.25) is 10.0 Å². The lowest BCUT2D eigenvalue weighted by atomic mass is 9.96. The second kappa shape index (κ2) is 9.61. The molecule has 1 aliphatic heterocycles. The molecule has 2 aromatic rings. The molecule has 0 radical (unpaired) electrons. The minimum absolute atomic E-state index is 0.0398. The highest BCUT2D eigenvalue weighted by Crippen LogP contribution is 2.26. The number of piperidine rings is 1. The van der Waals surface area contributed by atoms with E-state index in [9.17, 15) is 9.59 Å². The molecule has 1 aliphatic rings. The van der Waals surface area contributed by atoms with E-state index in [1.54, 1.807) is 24.3 Å². The SMILES string of the molecule is COC(=O)c1ccc(C)c(NC(=O)C2CCCN(Cc3ccc(Cl)cc3Cl)C2)c1. The van der Waals surface area contributed by atoms with Crippen molar-refractivity contribution in [2.45, 2.75) is 26.3 Å². The first-order valence-electron chi connectivity index (χ1n) is 9.53. The third-order valence-corrected chi connectivity index (χ3v) is 5.79. The van der Waals surface area contributed by atoms with E-state index in [1.165, 1.54) is 7.11 Å². The number of rotatable bonds is 5. The number of hydrogen-bond acceptors (Lipinski definition) is 4. The lowest BCUT2D eigenvalue weighted by molar-refractivity contribution is -0.121. The van der Waals surface area contributed by atoms with Crippen LogP contribution >= 0.6 is 23.2 Å². The number of hydrogen-bond donors (Lipinski definition) is 1. The molecule has 1 N–H and O–H groups in total. The van der Waals surface area contributed by atoms with Crippen LogP contribution in [0.3, 0.4) is 0 Å². The molecule has 2 aromatic carbocycles. The normalized spacial score (nSPS) is 17.0. The second-order valence-corrected chi connectivity index (χ2v) is 8.16. The van der Waals surface area contributed by atoms with Crippen LogP contribution in [0, 0.1) is 12.8 Å². The van der Waals surface area contributed by atoms with Crippen LogP contribution in [0.4, 0.5) is 5.69 Å². The van der Waals surface area contributed by atoms with E-state index in [0.717, 1.165) is 30.5 Å². The Morgan fingerprint density at radius 2 is 2.00 bits per heavy atom. The Morgan fingerprint density at radius 3 is 2.72 bits per heavy atom. The van der Waals surface area contributed by atoms with Crippen molar-refractivity contribution < 1.29 is 14.3 Å².